The van der Waals surface area contributed by atoms with E-state index in [0.29, 0.717) is 17.5 Å². The van der Waals surface area contributed by atoms with E-state index in [1.807, 2.05) is 18.2 Å². The molecule has 10 aromatic rings. The van der Waals surface area contributed by atoms with E-state index in [4.69, 9.17) is 15.0 Å². The number of benzene rings is 8. The van der Waals surface area contributed by atoms with Crippen molar-refractivity contribution in [2.75, 3.05) is 0 Å². The lowest BCUT2D eigenvalue weighted by atomic mass is 9.88. The Labute approximate surface area is 299 Å². The van der Waals surface area contributed by atoms with Crippen molar-refractivity contribution in [1.82, 2.24) is 15.0 Å². The fraction of sp³-hybridized carbons (Fsp3) is 0. The Bertz CT molecular complexity index is 2890. The molecule has 8 aromatic carbocycles. The maximum atomic E-state index is 5.32. The van der Waals surface area contributed by atoms with Gasteiger partial charge in [-0.1, -0.05) is 158 Å². The molecule has 51 heavy (non-hydrogen) atoms. The highest BCUT2D eigenvalue weighted by atomic mass is 32.1. The van der Waals surface area contributed by atoms with E-state index in [0.717, 1.165) is 27.8 Å². The molecular weight excluding hydrogens is 639 g/mol. The molecule has 10 rings (SSSR count). The molecule has 0 aliphatic rings. The summed E-state index contributed by atoms with van der Waals surface area (Å²) in [6, 6.07) is 62.2. The first-order chi connectivity index (χ1) is 25.3. The van der Waals surface area contributed by atoms with Crippen LogP contribution in [0.5, 0.6) is 0 Å². The zero-order valence-electron chi connectivity index (χ0n) is 27.5. The van der Waals surface area contributed by atoms with Crippen molar-refractivity contribution in [3.05, 3.63) is 176 Å². The van der Waals surface area contributed by atoms with Crippen LogP contribution in [0.25, 0.3) is 98.1 Å². The standard InChI is InChI=1S/C47H29N3S/c1-2-15-31(16-3-1)45-48-46(39-23-11-9-21-36(39)43-29-33-18-6-13-25-42(33)51-43)50-47(49-45)40-24-12-10-22-37(40)44-35-20-8-5-17-32(35)28-41-34-19-7-4-14-30(34)26-27-38(41)44/h1-29H. The largest absolute Gasteiger partial charge is 0.208 e. The Morgan fingerprint density at radius 1 is 0.333 bits per heavy atom. The first-order valence-electron chi connectivity index (χ1n) is 17.1. The second-order valence-electron chi connectivity index (χ2n) is 12.8. The Balaban J connectivity index is 1.24. The predicted molar refractivity (Wildman–Crippen MR) is 215 cm³/mol. The molecule has 0 saturated heterocycles. The Morgan fingerprint density at radius 3 is 1.67 bits per heavy atom. The molecule has 3 nitrogen and oxygen atoms in total. The van der Waals surface area contributed by atoms with Gasteiger partial charge in [0.1, 0.15) is 0 Å². The van der Waals surface area contributed by atoms with E-state index >= 15 is 0 Å². The fourth-order valence-corrected chi connectivity index (χ4v) is 8.45. The van der Waals surface area contributed by atoms with Gasteiger partial charge in [-0.05, 0) is 67.0 Å². The average molecular weight is 668 g/mol. The van der Waals surface area contributed by atoms with E-state index in [9.17, 15) is 0 Å². The monoisotopic (exact) mass is 667 g/mol. The summed E-state index contributed by atoms with van der Waals surface area (Å²) in [6.07, 6.45) is 0. The zero-order chi connectivity index (χ0) is 33.7. The van der Waals surface area contributed by atoms with Crippen LogP contribution < -0.4 is 0 Å². The summed E-state index contributed by atoms with van der Waals surface area (Å²) in [6.45, 7) is 0. The molecule has 2 aromatic heterocycles. The van der Waals surface area contributed by atoms with Crippen molar-refractivity contribution < 1.29 is 0 Å². The molecule has 0 aliphatic carbocycles. The van der Waals surface area contributed by atoms with Gasteiger partial charge in [0.05, 0.1) is 0 Å². The minimum Gasteiger partial charge on any atom is -0.208 e. The molecule has 0 amide bonds. The number of hydrogen-bond donors (Lipinski definition) is 0. The van der Waals surface area contributed by atoms with Crippen molar-refractivity contribution in [3.63, 3.8) is 0 Å². The van der Waals surface area contributed by atoms with Crippen LogP contribution in [0.15, 0.2) is 176 Å². The number of fused-ring (bicyclic) bond motifs is 5. The SMILES string of the molecule is c1ccc(-c2nc(-c3ccccc3-c3cc4ccccc4s3)nc(-c3ccccc3-c3c4ccccc4cc4c3ccc3ccccc34)n2)cc1. The zero-order valence-corrected chi connectivity index (χ0v) is 28.3. The van der Waals surface area contributed by atoms with Gasteiger partial charge in [0, 0.05) is 31.8 Å². The van der Waals surface area contributed by atoms with Gasteiger partial charge in [-0.15, -0.1) is 11.3 Å². The lowest BCUT2D eigenvalue weighted by molar-refractivity contribution is 1.07. The van der Waals surface area contributed by atoms with Crippen molar-refractivity contribution >= 4 is 53.7 Å². The predicted octanol–water partition coefficient (Wildman–Crippen LogP) is 12.9. The maximum absolute atomic E-state index is 5.32. The van der Waals surface area contributed by atoms with Crippen LogP contribution in [0.3, 0.4) is 0 Å². The van der Waals surface area contributed by atoms with Crippen LogP contribution in [0.1, 0.15) is 0 Å². The van der Waals surface area contributed by atoms with Gasteiger partial charge >= 0.3 is 0 Å². The molecule has 0 saturated carbocycles. The summed E-state index contributed by atoms with van der Waals surface area (Å²) in [5, 5.41) is 8.53. The molecule has 0 aliphatic heterocycles. The number of thiophene rings is 1. The smallest absolute Gasteiger partial charge is 0.164 e. The van der Waals surface area contributed by atoms with Gasteiger partial charge in [0.2, 0.25) is 0 Å². The Kier molecular flexibility index (Phi) is 7.00. The maximum Gasteiger partial charge on any atom is 0.164 e. The summed E-state index contributed by atoms with van der Waals surface area (Å²) < 4.78 is 1.26. The second kappa shape index (κ2) is 12.1. The number of aromatic nitrogens is 3. The Morgan fingerprint density at radius 2 is 0.902 bits per heavy atom. The van der Waals surface area contributed by atoms with Gasteiger partial charge in [-0.2, -0.15) is 0 Å². The van der Waals surface area contributed by atoms with E-state index in [1.165, 1.54) is 52.8 Å². The lowest BCUT2D eigenvalue weighted by Gasteiger charge is -2.17. The van der Waals surface area contributed by atoms with Crippen molar-refractivity contribution in [2.45, 2.75) is 0 Å². The van der Waals surface area contributed by atoms with Crippen molar-refractivity contribution in [1.29, 1.82) is 0 Å². The number of hydrogen-bond acceptors (Lipinski definition) is 4. The summed E-state index contributed by atoms with van der Waals surface area (Å²) in [5.41, 5.74) is 6.26. The molecule has 0 N–H and O–H groups in total. The van der Waals surface area contributed by atoms with Gasteiger partial charge in [0.25, 0.3) is 0 Å². The normalized spacial score (nSPS) is 11.5. The van der Waals surface area contributed by atoms with Gasteiger partial charge in [0.15, 0.2) is 17.5 Å². The van der Waals surface area contributed by atoms with Crippen LogP contribution in [0.4, 0.5) is 0 Å². The van der Waals surface area contributed by atoms with Crippen LogP contribution in [-0.4, -0.2) is 15.0 Å². The van der Waals surface area contributed by atoms with Crippen LogP contribution >= 0.6 is 11.3 Å². The van der Waals surface area contributed by atoms with Gasteiger partial charge in [-0.3, -0.25) is 0 Å². The number of nitrogens with zero attached hydrogens (tertiary/aromatic N) is 3. The third-order valence-electron chi connectivity index (χ3n) is 9.73. The molecule has 0 radical (unpaired) electrons. The van der Waals surface area contributed by atoms with E-state index in [1.54, 1.807) is 11.3 Å². The van der Waals surface area contributed by atoms with Crippen LogP contribution in [0.2, 0.25) is 0 Å². The van der Waals surface area contributed by atoms with Gasteiger partial charge in [-0.25, -0.2) is 15.0 Å². The minimum atomic E-state index is 0.641. The van der Waals surface area contributed by atoms with Crippen LogP contribution in [0, 0.1) is 0 Å². The summed E-state index contributed by atoms with van der Waals surface area (Å²) in [5.74, 6) is 1.93. The highest BCUT2D eigenvalue weighted by Crippen LogP contribution is 2.43. The number of rotatable bonds is 5. The topological polar surface area (TPSA) is 38.7 Å². The summed E-state index contributed by atoms with van der Waals surface area (Å²) >= 11 is 1.79. The quantitative estimate of drug-likeness (QED) is 0.135. The second-order valence-corrected chi connectivity index (χ2v) is 13.9. The van der Waals surface area contributed by atoms with Crippen LogP contribution in [-0.2, 0) is 0 Å². The molecule has 4 heteroatoms. The molecule has 238 valence electrons. The third kappa shape index (κ3) is 5.08. The van der Waals surface area contributed by atoms with E-state index in [-0.39, 0.29) is 0 Å². The minimum absolute atomic E-state index is 0.641. The highest BCUT2D eigenvalue weighted by molar-refractivity contribution is 7.22. The molecule has 0 fully saturated rings. The first kappa shape index (κ1) is 29.4. The van der Waals surface area contributed by atoms with Gasteiger partial charge < -0.3 is 0 Å². The van der Waals surface area contributed by atoms with E-state index < -0.39 is 0 Å². The molecule has 2 heterocycles. The Hall–Kier alpha value is -6.49. The molecule has 0 unspecified atom stereocenters. The highest BCUT2D eigenvalue weighted by Gasteiger charge is 2.20. The third-order valence-corrected chi connectivity index (χ3v) is 10.9. The molecular formula is C47H29N3S. The average Bonchev–Trinajstić information content (AvgIpc) is 3.65. The summed E-state index contributed by atoms with van der Waals surface area (Å²) in [7, 11) is 0. The molecule has 0 spiro atoms. The van der Waals surface area contributed by atoms with E-state index in [2.05, 4.69) is 158 Å². The fourth-order valence-electron chi connectivity index (χ4n) is 7.35. The van der Waals surface area contributed by atoms with Crippen molar-refractivity contribution in [3.8, 4) is 55.7 Å². The van der Waals surface area contributed by atoms with Crippen molar-refractivity contribution in [2.24, 2.45) is 0 Å². The lowest BCUT2D eigenvalue weighted by Crippen LogP contribution is -2.02. The molecule has 0 bridgehead atoms. The molecule has 0 atom stereocenters. The summed E-state index contributed by atoms with van der Waals surface area (Å²) in [4.78, 5) is 16.9. The first-order valence-corrected chi connectivity index (χ1v) is 17.9.